The number of rotatable bonds is 4. The number of methoxy groups -OCH3 is 1. The Hall–Kier alpha value is -0.610. The standard InChI is InChI=1S/C11H20N2O2/c1-15-9-4-5-13(7-9)11(14)6-10(12)8-2-3-8/h8-10H,2-7,12H2,1H3. The van der Waals surface area contributed by atoms with Crippen LogP contribution in [0.1, 0.15) is 25.7 Å². The summed E-state index contributed by atoms with van der Waals surface area (Å²) in [5.41, 5.74) is 5.94. The fourth-order valence-electron chi connectivity index (χ4n) is 2.17. The Labute approximate surface area is 90.8 Å². The Morgan fingerprint density at radius 3 is 2.80 bits per heavy atom. The topological polar surface area (TPSA) is 55.6 Å². The first-order chi connectivity index (χ1) is 7.20. The zero-order chi connectivity index (χ0) is 10.8. The minimum absolute atomic E-state index is 0.0825. The number of ether oxygens (including phenoxy) is 1. The van der Waals surface area contributed by atoms with Crippen LogP contribution < -0.4 is 5.73 Å². The zero-order valence-corrected chi connectivity index (χ0v) is 9.32. The summed E-state index contributed by atoms with van der Waals surface area (Å²) in [7, 11) is 1.70. The monoisotopic (exact) mass is 212 g/mol. The van der Waals surface area contributed by atoms with Gasteiger partial charge in [0.25, 0.3) is 0 Å². The van der Waals surface area contributed by atoms with Gasteiger partial charge in [0.05, 0.1) is 6.10 Å². The van der Waals surface area contributed by atoms with E-state index >= 15 is 0 Å². The molecule has 2 rings (SSSR count). The molecule has 1 aliphatic carbocycles. The second-order valence-corrected chi connectivity index (χ2v) is 4.69. The number of nitrogens with zero attached hydrogens (tertiary/aromatic N) is 1. The lowest BCUT2D eigenvalue weighted by Crippen LogP contribution is -2.36. The van der Waals surface area contributed by atoms with Gasteiger partial charge in [0.2, 0.25) is 5.91 Å². The lowest BCUT2D eigenvalue weighted by Gasteiger charge is -2.18. The SMILES string of the molecule is COC1CCN(C(=O)CC(N)C2CC2)C1. The van der Waals surface area contributed by atoms with Crippen molar-refractivity contribution in [3.63, 3.8) is 0 Å². The molecule has 0 bridgehead atoms. The average molecular weight is 212 g/mol. The second-order valence-electron chi connectivity index (χ2n) is 4.69. The fraction of sp³-hybridized carbons (Fsp3) is 0.909. The third-order valence-corrected chi connectivity index (χ3v) is 3.47. The highest BCUT2D eigenvalue weighted by atomic mass is 16.5. The summed E-state index contributed by atoms with van der Waals surface area (Å²) < 4.78 is 5.23. The first kappa shape index (κ1) is 10.9. The largest absolute Gasteiger partial charge is 0.380 e. The molecule has 4 nitrogen and oxygen atoms in total. The van der Waals surface area contributed by atoms with E-state index in [0.29, 0.717) is 12.3 Å². The number of hydrogen-bond donors (Lipinski definition) is 1. The van der Waals surface area contributed by atoms with Crippen LogP contribution in [0, 0.1) is 5.92 Å². The van der Waals surface area contributed by atoms with Gasteiger partial charge in [-0.1, -0.05) is 0 Å². The van der Waals surface area contributed by atoms with Gasteiger partial charge in [-0.3, -0.25) is 4.79 Å². The van der Waals surface area contributed by atoms with Gasteiger partial charge < -0.3 is 15.4 Å². The molecule has 1 aliphatic heterocycles. The summed E-state index contributed by atoms with van der Waals surface area (Å²) in [5.74, 6) is 0.809. The van der Waals surface area contributed by atoms with Crippen molar-refractivity contribution in [2.75, 3.05) is 20.2 Å². The van der Waals surface area contributed by atoms with Crippen LogP contribution in [-0.2, 0) is 9.53 Å². The summed E-state index contributed by atoms with van der Waals surface area (Å²) in [6.07, 6.45) is 4.11. The molecule has 2 unspecified atom stereocenters. The molecule has 1 saturated heterocycles. The van der Waals surface area contributed by atoms with Crippen molar-refractivity contribution in [3.05, 3.63) is 0 Å². The molecule has 0 radical (unpaired) electrons. The molecule has 2 aliphatic rings. The lowest BCUT2D eigenvalue weighted by molar-refractivity contribution is -0.131. The Morgan fingerprint density at radius 2 is 2.27 bits per heavy atom. The van der Waals surface area contributed by atoms with E-state index in [9.17, 15) is 4.79 Å². The summed E-state index contributed by atoms with van der Waals surface area (Å²) in [6.45, 7) is 1.57. The van der Waals surface area contributed by atoms with Crippen LogP contribution >= 0.6 is 0 Å². The minimum atomic E-state index is 0.0825. The first-order valence-electron chi connectivity index (χ1n) is 5.77. The predicted octanol–water partition coefficient (Wildman–Crippen LogP) is 0.361. The van der Waals surface area contributed by atoms with Crippen LogP contribution in [0.15, 0.2) is 0 Å². The molecule has 15 heavy (non-hydrogen) atoms. The van der Waals surface area contributed by atoms with E-state index in [1.807, 2.05) is 4.90 Å². The van der Waals surface area contributed by atoms with Crippen molar-refractivity contribution in [2.24, 2.45) is 11.7 Å². The first-order valence-corrected chi connectivity index (χ1v) is 5.77. The number of nitrogens with two attached hydrogens (primary N) is 1. The van der Waals surface area contributed by atoms with E-state index in [1.165, 1.54) is 12.8 Å². The highest BCUT2D eigenvalue weighted by Crippen LogP contribution is 2.33. The Kier molecular flexibility index (Phi) is 3.26. The fourth-order valence-corrected chi connectivity index (χ4v) is 2.17. The molecule has 0 aromatic heterocycles. The van der Waals surface area contributed by atoms with E-state index in [-0.39, 0.29) is 18.1 Å². The van der Waals surface area contributed by atoms with Gasteiger partial charge in [-0.15, -0.1) is 0 Å². The normalized spacial score (nSPS) is 28.1. The molecule has 86 valence electrons. The molecule has 2 fully saturated rings. The van der Waals surface area contributed by atoms with Gasteiger partial charge in [-0.2, -0.15) is 0 Å². The molecular weight excluding hydrogens is 192 g/mol. The Morgan fingerprint density at radius 1 is 1.53 bits per heavy atom. The zero-order valence-electron chi connectivity index (χ0n) is 9.32. The van der Waals surface area contributed by atoms with Crippen molar-refractivity contribution in [1.82, 2.24) is 4.90 Å². The van der Waals surface area contributed by atoms with Gasteiger partial charge in [0, 0.05) is 32.7 Å². The maximum atomic E-state index is 11.8. The van der Waals surface area contributed by atoms with Gasteiger partial charge in [0.15, 0.2) is 0 Å². The van der Waals surface area contributed by atoms with Crippen molar-refractivity contribution in [3.8, 4) is 0 Å². The van der Waals surface area contributed by atoms with Crippen molar-refractivity contribution < 1.29 is 9.53 Å². The third kappa shape index (κ3) is 2.69. The van der Waals surface area contributed by atoms with Crippen LogP contribution in [0.4, 0.5) is 0 Å². The Bertz CT molecular complexity index is 241. The van der Waals surface area contributed by atoms with Crippen LogP contribution in [0.5, 0.6) is 0 Å². The maximum Gasteiger partial charge on any atom is 0.224 e. The highest BCUT2D eigenvalue weighted by Gasteiger charge is 2.32. The lowest BCUT2D eigenvalue weighted by atomic mass is 10.1. The summed E-state index contributed by atoms with van der Waals surface area (Å²) in [6, 6.07) is 0.0825. The van der Waals surface area contributed by atoms with Crippen molar-refractivity contribution in [2.45, 2.75) is 37.8 Å². The predicted molar refractivity (Wildman–Crippen MR) is 57.3 cm³/mol. The molecule has 1 heterocycles. The number of carbonyl (C=O) groups excluding carboxylic acids is 1. The second kappa shape index (κ2) is 4.49. The van der Waals surface area contributed by atoms with E-state index in [0.717, 1.165) is 19.5 Å². The number of likely N-dealkylation sites (tertiary alicyclic amines) is 1. The van der Waals surface area contributed by atoms with Gasteiger partial charge >= 0.3 is 0 Å². The van der Waals surface area contributed by atoms with Crippen molar-refractivity contribution in [1.29, 1.82) is 0 Å². The number of amides is 1. The van der Waals surface area contributed by atoms with Crippen LogP contribution in [0.2, 0.25) is 0 Å². The molecule has 1 saturated carbocycles. The summed E-state index contributed by atoms with van der Waals surface area (Å²) in [5, 5.41) is 0. The minimum Gasteiger partial charge on any atom is -0.380 e. The quantitative estimate of drug-likeness (QED) is 0.732. The van der Waals surface area contributed by atoms with Crippen LogP contribution in [0.25, 0.3) is 0 Å². The molecule has 0 aromatic carbocycles. The number of hydrogen-bond acceptors (Lipinski definition) is 3. The molecule has 0 spiro atoms. The molecule has 1 amide bonds. The van der Waals surface area contributed by atoms with Gasteiger partial charge in [0.1, 0.15) is 0 Å². The molecule has 0 aromatic rings. The smallest absolute Gasteiger partial charge is 0.224 e. The van der Waals surface area contributed by atoms with Crippen LogP contribution in [0.3, 0.4) is 0 Å². The third-order valence-electron chi connectivity index (χ3n) is 3.47. The molecule has 4 heteroatoms. The highest BCUT2D eigenvalue weighted by molar-refractivity contribution is 5.77. The van der Waals surface area contributed by atoms with Crippen LogP contribution in [-0.4, -0.2) is 43.2 Å². The van der Waals surface area contributed by atoms with E-state index < -0.39 is 0 Å². The van der Waals surface area contributed by atoms with E-state index in [1.54, 1.807) is 7.11 Å². The van der Waals surface area contributed by atoms with E-state index in [4.69, 9.17) is 10.5 Å². The molecule has 2 N–H and O–H groups in total. The number of carbonyl (C=O) groups is 1. The van der Waals surface area contributed by atoms with E-state index in [2.05, 4.69) is 0 Å². The average Bonchev–Trinajstić information content (AvgIpc) is 2.96. The van der Waals surface area contributed by atoms with Gasteiger partial charge in [-0.25, -0.2) is 0 Å². The molecule has 2 atom stereocenters. The molecular formula is C11H20N2O2. The maximum absolute atomic E-state index is 11.8. The summed E-state index contributed by atoms with van der Waals surface area (Å²) >= 11 is 0. The van der Waals surface area contributed by atoms with Crippen molar-refractivity contribution >= 4 is 5.91 Å². The Balaban J connectivity index is 1.75. The summed E-state index contributed by atoms with van der Waals surface area (Å²) in [4.78, 5) is 13.7. The van der Waals surface area contributed by atoms with Gasteiger partial charge in [-0.05, 0) is 25.2 Å².